The molecule has 0 aromatic heterocycles. The Hall–Kier alpha value is -0.170. The second kappa shape index (κ2) is 6.30. The summed E-state index contributed by atoms with van der Waals surface area (Å²) >= 11 is 0. The summed E-state index contributed by atoms with van der Waals surface area (Å²) in [5, 5.41) is 0. The topological polar surface area (TPSA) is 66.6 Å². The van der Waals surface area contributed by atoms with Gasteiger partial charge in [-0.05, 0) is 43.9 Å². The van der Waals surface area contributed by atoms with Crippen LogP contribution in [0.2, 0.25) is 0 Å². The van der Waals surface area contributed by atoms with Crippen LogP contribution < -0.4 is 5.73 Å². The maximum Gasteiger partial charge on any atom is 0.281 e. The number of hydrogen-bond acceptors (Lipinski definition) is 3. The third-order valence-electron chi connectivity index (χ3n) is 4.78. The van der Waals surface area contributed by atoms with E-state index in [1.165, 1.54) is 0 Å². The van der Waals surface area contributed by atoms with Gasteiger partial charge in [0.05, 0.1) is 0 Å². The Morgan fingerprint density at radius 2 is 1.55 bits per heavy atom. The SMILES string of the molecule is CC1CC(C)CN(S(=O)(=O)N(C)C2CCC(N)CC2)C1. The molecule has 6 heteroatoms. The van der Waals surface area contributed by atoms with Crippen LogP contribution in [0.4, 0.5) is 0 Å². The first-order valence-corrected chi connectivity index (χ1v) is 9.19. The summed E-state index contributed by atoms with van der Waals surface area (Å²) in [5.41, 5.74) is 5.91. The van der Waals surface area contributed by atoms with Crippen LogP contribution in [-0.4, -0.2) is 49.2 Å². The zero-order valence-electron chi connectivity index (χ0n) is 13.0. The van der Waals surface area contributed by atoms with Crippen LogP contribution in [0.15, 0.2) is 0 Å². The molecule has 0 bridgehead atoms. The Bertz CT molecular complexity index is 408. The molecule has 0 radical (unpaired) electrons. The Morgan fingerprint density at radius 3 is 2.05 bits per heavy atom. The third kappa shape index (κ3) is 3.53. The molecular weight excluding hydrogens is 274 g/mol. The van der Waals surface area contributed by atoms with E-state index in [4.69, 9.17) is 5.73 Å². The van der Waals surface area contributed by atoms with Crippen molar-refractivity contribution in [1.82, 2.24) is 8.61 Å². The smallest absolute Gasteiger partial charge is 0.281 e. The van der Waals surface area contributed by atoms with Gasteiger partial charge in [-0.1, -0.05) is 13.8 Å². The monoisotopic (exact) mass is 303 g/mol. The molecule has 1 aliphatic carbocycles. The van der Waals surface area contributed by atoms with Crippen molar-refractivity contribution >= 4 is 10.2 Å². The fourth-order valence-corrected chi connectivity index (χ4v) is 5.47. The van der Waals surface area contributed by atoms with Gasteiger partial charge in [0.15, 0.2) is 0 Å². The van der Waals surface area contributed by atoms with E-state index in [-0.39, 0.29) is 12.1 Å². The Kier molecular flexibility index (Phi) is 5.10. The summed E-state index contributed by atoms with van der Waals surface area (Å²) in [6, 6.07) is 0.365. The maximum atomic E-state index is 12.8. The summed E-state index contributed by atoms with van der Waals surface area (Å²) in [6.07, 6.45) is 4.74. The van der Waals surface area contributed by atoms with Crippen molar-refractivity contribution in [3.8, 4) is 0 Å². The molecule has 2 unspecified atom stereocenters. The van der Waals surface area contributed by atoms with Gasteiger partial charge in [0, 0.05) is 32.2 Å². The molecule has 2 atom stereocenters. The van der Waals surface area contributed by atoms with Gasteiger partial charge in [0.2, 0.25) is 0 Å². The molecule has 2 fully saturated rings. The van der Waals surface area contributed by atoms with E-state index in [1.807, 2.05) is 0 Å². The molecular formula is C14H29N3O2S. The number of nitrogens with zero attached hydrogens (tertiary/aromatic N) is 2. The Morgan fingerprint density at radius 1 is 1.05 bits per heavy atom. The predicted molar refractivity (Wildman–Crippen MR) is 81.4 cm³/mol. The van der Waals surface area contributed by atoms with Gasteiger partial charge in [-0.2, -0.15) is 17.0 Å². The summed E-state index contributed by atoms with van der Waals surface area (Å²) in [5.74, 6) is 0.892. The molecule has 20 heavy (non-hydrogen) atoms. The maximum absolute atomic E-state index is 12.8. The van der Waals surface area contributed by atoms with E-state index < -0.39 is 10.2 Å². The van der Waals surface area contributed by atoms with Crippen LogP contribution in [0.3, 0.4) is 0 Å². The quantitative estimate of drug-likeness (QED) is 0.857. The van der Waals surface area contributed by atoms with E-state index in [0.29, 0.717) is 24.9 Å². The Balaban J connectivity index is 2.05. The zero-order valence-corrected chi connectivity index (χ0v) is 13.8. The van der Waals surface area contributed by atoms with Crippen molar-refractivity contribution in [2.75, 3.05) is 20.1 Å². The Labute approximate surface area is 123 Å². The summed E-state index contributed by atoms with van der Waals surface area (Å²) < 4.78 is 28.8. The molecule has 1 aliphatic heterocycles. The molecule has 0 aromatic rings. The van der Waals surface area contributed by atoms with E-state index in [1.54, 1.807) is 15.7 Å². The van der Waals surface area contributed by atoms with Crippen molar-refractivity contribution in [2.45, 2.75) is 58.0 Å². The summed E-state index contributed by atoms with van der Waals surface area (Å²) in [6.45, 7) is 5.59. The lowest BCUT2D eigenvalue weighted by Gasteiger charge is -2.39. The first kappa shape index (κ1) is 16.2. The number of nitrogens with two attached hydrogens (primary N) is 1. The van der Waals surface area contributed by atoms with Crippen LogP contribution in [0.25, 0.3) is 0 Å². The summed E-state index contributed by atoms with van der Waals surface area (Å²) in [4.78, 5) is 0. The molecule has 1 saturated heterocycles. The molecule has 118 valence electrons. The van der Waals surface area contributed by atoms with Crippen LogP contribution >= 0.6 is 0 Å². The molecule has 0 aromatic carbocycles. The van der Waals surface area contributed by atoms with Crippen molar-refractivity contribution in [3.63, 3.8) is 0 Å². The third-order valence-corrected chi connectivity index (χ3v) is 6.76. The lowest BCUT2D eigenvalue weighted by molar-refractivity contribution is 0.195. The normalized spacial score (nSPS) is 37.2. The fourth-order valence-electron chi connectivity index (χ4n) is 3.63. The second-order valence-corrected chi connectivity index (χ2v) is 8.84. The molecule has 5 nitrogen and oxygen atoms in total. The van der Waals surface area contributed by atoms with Crippen molar-refractivity contribution in [3.05, 3.63) is 0 Å². The van der Waals surface area contributed by atoms with Crippen LogP contribution in [0, 0.1) is 11.8 Å². The zero-order chi connectivity index (χ0) is 14.9. The minimum absolute atomic E-state index is 0.118. The average Bonchev–Trinajstić information content (AvgIpc) is 2.37. The van der Waals surface area contributed by atoms with Crippen LogP contribution in [0.1, 0.15) is 46.0 Å². The first-order chi connectivity index (χ1) is 9.30. The van der Waals surface area contributed by atoms with Crippen molar-refractivity contribution in [2.24, 2.45) is 17.6 Å². The van der Waals surface area contributed by atoms with Gasteiger partial charge in [0.1, 0.15) is 0 Å². The number of hydrogen-bond donors (Lipinski definition) is 1. The fraction of sp³-hybridized carbons (Fsp3) is 1.00. The molecule has 0 spiro atoms. The van der Waals surface area contributed by atoms with Crippen LogP contribution in [0.5, 0.6) is 0 Å². The highest BCUT2D eigenvalue weighted by molar-refractivity contribution is 7.86. The van der Waals surface area contributed by atoms with Crippen molar-refractivity contribution < 1.29 is 8.42 Å². The van der Waals surface area contributed by atoms with Gasteiger partial charge in [-0.3, -0.25) is 0 Å². The minimum Gasteiger partial charge on any atom is -0.328 e. The molecule has 0 amide bonds. The largest absolute Gasteiger partial charge is 0.328 e. The predicted octanol–water partition coefficient (Wildman–Crippen LogP) is 1.41. The highest BCUT2D eigenvalue weighted by Gasteiger charge is 2.36. The second-order valence-electron chi connectivity index (χ2n) is 6.86. The highest BCUT2D eigenvalue weighted by Crippen LogP contribution is 2.28. The van der Waals surface area contributed by atoms with Gasteiger partial charge in [-0.25, -0.2) is 0 Å². The molecule has 2 aliphatic rings. The van der Waals surface area contributed by atoms with Gasteiger partial charge in [0.25, 0.3) is 10.2 Å². The van der Waals surface area contributed by atoms with E-state index in [0.717, 1.165) is 32.1 Å². The molecule has 1 saturated carbocycles. The highest BCUT2D eigenvalue weighted by atomic mass is 32.2. The molecule has 2 N–H and O–H groups in total. The molecule has 2 rings (SSSR count). The van der Waals surface area contributed by atoms with E-state index >= 15 is 0 Å². The number of rotatable bonds is 3. The van der Waals surface area contributed by atoms with E-state index in [2.05, 4.69) is 13.8 Å². The average molecular weight is 303 g/mol. The molecule has 1 heterocycles. The lowest BCUT2D eigenvalue weighted by atomic mass is 9.92. The van der Waals surface area contributed by atoms with Crippen molar-refractivity contribution in [1.29, 1.82) is 0 Å². The lowest BCUT2D eigenvalue weighted by Crippen LogP contribution is -2.52. The van der Waals surface area contributed by atoms with Gasteiger partial charge in [-0.15, -0.1) is 0 Å². The number of piperidine rings is 1. The minimum atomic E-state index is -3.32. The first-order valence-electron chi connectivity index (χ1n) is 7.79. The van der Waals surface area contributed by atoms with Crippen LogP contribution in [-0.2, 0) is 10.2 Å². The summed E-state index contributed by atoms with van der Waals surface area (Å²) in [7, 11) is -1.58. The van der Waals surface area contributed by atoms with Gasteiger partial charge >= 0.3 is 0 Å². The standard InChI is InChI=1S/C14H29N3O2S/c1-11-8-12(2)10-17(9-11)20(18,19)16(3)14-6-4-13(15)5-7-14/h11-14H,4-10,15H2,1-3H3. The van der Waals surface area contributed by atoms with E-state index in [9.17, 15) is 8.42 Å². The van der Waals surface area contributed by atoms with Gasteiger partial charge < -0.3 is 5.73 Å².